The summed E-state index contributed by atoms with van der Waals surface area (Å²) in [5, 5.41) is 0. The lowest BCUT2D eigenvalue weighted by Gasteiger charge is -2.14. The molecule has 0 aliphatic carbocycles. The normalized spacial score (nSPS) is 11.8. The molecule has 0 amide bonds. The van der Waals surface area contributed by atoms with Gasteiger partial charge in [-0.2, -0.15) is 0 Å². The van der Waals surface area contributed by atoms with Crippen molar-refractivity contribution in [1.29, 1.82) is 0 Å². The summed E-state index contributed by atoms with van der Waals surface area (Å²) in [7, 11) is 4.65. The van der Waals surface area contributed by atoms with Crippen LogP contribution in [-0.2, 0) is 0 Å². The zero-order valence-corrected chi connectivity index (χ0v) is 12.3. The molecule has 1 aromatic rings. The van der Waals surface area contributed by atoms with Gasteiger partial charge in [-0.3, -0.25) is 4.79 Å². The van der Waals surface area contributed by atoms with Gasteiger partial charge in [0.2, 0.25) is 0 Å². The fourth-order valence-electron chi connectivity index (χ4n) is 1.82. The van der Waals surface area contributed by atoms with Gasteiger partial charge in [0.25, 0.3) is 0 Å². The van der Waals surface area contributed by atoms with Crippen LogP contribution >= 0.6 is 0 Å². The summed E-state index contributed by atoms with van der Waals surface area (Å²) in [6, 6.07) is 3.37. The second kappa shape index (κ2) is 7.02. The highest BCUT2D eigenvalue weighted by Gasteiger charge is 2.18. The molecular formula is C15H22O4. The third kappa shape index (κ3) is 3.63. The van der Waals surface area contributed by atoms with Crippen LogP contribution in [0.25, 0.3) is 0 Å². The van der Waals surface area contributed by atoms with E-state index in [1.807, 2.05) is 0 Å². The Morgan fingerprint density at radius 2 is 1.58 bits per heavy atom. The third-order valence-corrected chi connectivity index (χ3v) is 3.24. The van der Waals surface area contributed by atoms with Crippen molar-refractivity contribution in [2.75, 3.05) is 21.3 Å². The van der Waals surface area contributed by atoms with Crippen molar-refractivity contribution in [3.05, 3.63) is 17.7 Å². The molecule has 0 spiro atoms. The molecule has 0 saturated heterocycles. The number of benzene rings is 1. The van der Waals surface area contributed by atoms with Gasteiger partial charge >= 0.3 is 0 Å². The Morgan fingerprint density at radius 3 is 2.05 bits per heavy atom. The lowest BCUT2D eigenvalue weighted by molar-refractivity contribution is 0.0960. The van der Waals surface area contributed by atoms with Gasteiger partial charge in [0.15, 0.2) is 17.3 Å². The van der Waals surface area contributed by atoms with Gasteiger partial charge in [-0.05, 0) is 12.0 Å². The number of ketones is 1. The van der Waals surface area contributed by atoms with Crippen LogP contribution in [0.15, 0.2) is 12.1 Å². The molecule has 4 heteroatoms. The van der Waals surface area contributed by atoms with E-state index in [1.165, 1.54) is 0 Å². The van der Waals surface area contributed by atoms with Crippen LogP contribution < -0.4 is 14.2 Å². The maximum Gasteiger partial charge on any atom is 0.167 e. The molecule has 106 valence electrons. The fraction of sp³-hybridized carbons (Fsp3) is 0.533. The fourth-order valence-corrected chi connectivity index (χ4v) is 1.82. The van der Waals surface area contributed by atoms with E-state index < -0.39 is 0 Å². The van der Waals surface area contributed by atoms with Crippen molar-refractivity contribution >= 4 is 5.78 Å². The monoisotopic (exact) mass is 266 g/mol. The van der Waals surface area contributed by atoms with E-state index in [1.54, 1.807) is 33.5 Å². The van der Waals surface area contributed by atoms with Gasteiger partial charge in [0, 0.05) is 12.5 Å². The van der Waals surface area contributed by atoms with Crippen LogP contribution in [0.5, 0.6) is 17.2 Å². The first-order valence-electron chi connectivity index (χ1n) is 6.40. The minimum Gasteiger partial charge on any atom is -0.496 e. The Bertz CT molecular complexity index is 440. The number of ether oxygens (including phenoxy) is 3. The molecule has 0 N–H and O–H groups in total. The van der Waals surface area contributed by atoms with Crippen LogP contribution in [-0.4, -0.2) is 27.1 Å². The summed E-state index contributed by atoms with van der Waals surface area (Å²) in [4.78, 5) is 12.3. The average Bonchev–Trinajstić information content (AvgIpc) is 2.45. The van der Waals surface area contributed by atoms with Crippen molar-refractivity contribution in [2.45, 2.75) is 26.7 Å². The summed E-state index contributed by atoms with van der Waals surface area (Å²) < 4.78 is 15.7. The summed E-state index contributed by atoms with van der Waals surface area (Å²) >= 11 is 0. The lowest BCUT2D eigenvalue weighted by atomic mass is 9.97. The van der Waals surface area contributed by atoms with E-state index >= 15 is 0 Å². The maximum atomic E-state index is 12.3. The lowest BCUT2D eigenvalue weighted by Crippen LogP contribution is -2.08. The predicted octanol–water partition coefficient (Wildman–Crippen LogP) is 3.33. The number of hydrogen-bond donors (Lipinski definition) is 0. The van der Waals surface area contributed by atoms with Crippen LogP contribution in [0, 0.1) is 5.92 Å². The largest absolute Gasteiger partial charge is 0.496 e. The molecule has 0 fully saturated rings. The molecule has 1 aromatic carbocycles. The molecule has 0 saturated carbocycles. The second-order valence-electron chi connectivity index (χ2n) is 4.55. The van der Waals surface area contributed by atoms with Crippen LogP contribution in [0.3, 0.4) is 0 Å². The smallest absolute Gasteiger partial charge is 0.167 e. The molecule has 0 aliphatic heterocycles. The van der Waals surface area contributed by atoms with Gasteiger partial charge in [-0.15, -0.1) is 0 Å². The molecule has 0 aromatic heterocycles. The molecule has 4 nitrogen and oxygen atoms in total. The first kappa shape index (κ1) is 15.3. The topological polar surface area (TPSA) is 44.8 Å². The molecule has 0 radical (unpaired) electrons. The standard InChI is InChI=1S/C15H22O4/c1-6-10(2)7-12(16)11-8-14(18-4)15(19-5)9-13(11)17-3/h8-10H,6-7H2,1-5H3. The van der Waals surface area contributed by atoms with Crippen LogP contribution in [0.4, 0.5) is 0 Å². The number of Topliss-reactive ketones (excluding diaryl/α,β-unsaturated/α-hetero) is 1. The first-order valence-corrected chi connectivity index (χ1v) is 6.40. The Hall–Kier alpha value is -1.71. The van der Waals surface area contributed by atoms with Crippen molar-refractivity contribution in [2.24, 2.45) is 5.92 Å². The van der Waals surface area contributed by atoms with Gasteiger partial charge in [0.05, 0.1) is 26.9 Å². The molecule has 1 unspecified atom stereocenters. The number of carbonyl (C=O) groups excluding carboxylic acids is 1. The van der Waals surface area contributed by atoms with E-state index in [4.69, 9.17) is 14.2 Å². The minimum atomic E-state index is 0.0622. The maximum absolute atomic E-state index is 12.3. The van der Waals surface area contributed by atoms with E-state index in [-0.39, 0.29) is 5.78 Å². The molecule has 1 atom stereocenters. The second-order valence-corrected chi connectivity index (χ2v) is 4.55. The summed E-state index contributed by atoms with van der Waals surface area (Å²) in [6.07, 6.45) is 1.48. The van der Waals surface area contributed by atoms with Crippen molar-refractivity contribution in [3.63, 3.8) is 0 Å². The van der Waals surface area contributed by atoms with E-state index in [9.17, 15) is 4.79 Å². The zero-order chi connectivity index (χ0) is 14.4. The average molecular weight is 266 g/mol. The Kier molecular flexibility index (Phi) is 5.67. The molecule has 19 heavy (non-hydrogen) atoms. The quantitative estimate of drug-likeness (QED) is 0.710. The van der Waals surface area contributed by atoms with E-state index in [0.29, 0.717) is 35.2 Å². The SMILES string of the molecule is CCC(C)CC(=O)c1cc(OC)c(OC)cc1OC. The Balaban J connectivity index is 3.14. The molecule has 0 bridgehead atoms. The molecular weight excluding hydrogens is 244 g/mol. The first-order chi connectivity index (χ1) is 9.07. The summed E-state index contributed by atoms with van der Waals surface area (Å²) in [6.45, 7) is 4.13. The highest BCUT2D eigenvalue weighted by Crippen LogP contribution is 2.35. The van der Waals surface area contributed by atoms with Gasteiger partial charge in [0.1, 0.15) is 5.75 Å². The highest BCUT2D eigenvalue weighted by molar-refractivity contribution is 5.99. The summed E-state index contributed by atoms with van der Waals surface area (Å²) in [5.74, 6) is 2.03. The molecule has 1 rings (SSSR count). The Labute approximate surface area is 114 Å². The van der Waals surface area contributed by atoms with E-state index in [0.717, 1.165) is 6.42 Å². The van der Waals surface area contributed by atoms with Crippen molar-refractivity contribution in [3.8, 4) is 17.2 Å². The number of hydrogen-bond acceptors (Lipinski definition) is 4. The highest BCUT2D eigenvalue weighted by atomic mass is 16.5. The summed E-state index contributed by atoms with van der Waals surface area (Å²) in [5.41, 5.74) is 0.542. The van der Waals surface area contributed by atoms with Crippen LogP contribution in [0.2, 0.25) is 0 Å². The van der Waals surface area contributed by atoms with Gasteiger partial charge in [-0.1, -0.05) is 20.3 Å². The number of methoxy groups -OCH3 is 3. The van der Waals surface area contributed by atoms with Gasteiger partial charge in [-0.25, -0.2) is 0 Å². The number of rotatable bonds is 7. The minimum absolute atomic E-state index is 0.0622. The van der Waals surface area contributed by atoms with Crippen LogP contribution in [0.1, 0.15) is 37.0 Å². The van der Waals surface area contributed by atoms with Gasteiger partial charge < -0.3 is 14.2 Å². The third-order valence-electron chi connectivity index (χ3n) is 3.24. The molecule has 0 heterocycles. The molecule has 0 aliphatic rings. The van der Waals surface area contributed by atoms with Crippen molar-refractivity contribution in [1.82, 2.24) is 0 Å². The predicted molar refractivity (Wildman–Crippen MR) is 74.5 cm³/mol. The van der Waals surface area contributed by atoms with Crippen molar-refractivity contribution < 1.29 is 19.0 Å². The number of carbonyl (C=O) groups is 1. The Morgan fingerprint density at radius 1 is 1.05 bits per heavy atom. The van der Waals surface area contributed by atoms with E-state index in [2.05, 4.69) is 13.8 Å². The zero-order valence-electron chi connectivity index (χ0n) is 12.3.